The molecule has 0 saturated carbocycles. The summed E-state index contributed by atoms with van der Waals surface area (Å²) >= 11 is 0. The number of aliphatic hydroxyl groups excluding tert-OH is 1. The number of rotatable bonds is 11. The second-order valence-corrected chi connectivity index (χ2v) is 8.45. The number of carbonyl (C=O) groups is 3. The third kappa shape index (κ3) is 5.57. The molecule has 0 radical (unpaired) electrons. The van der Waals surface area contributed by atoms with Crippen molar-refractivity contribution in [3.05, 3.63) is 60.4 Å². The highest BCUT2D eigenvalue weighted by atomic mass is 16.5. The maximum absolute atomic E-state index is 13.6. The molecule has 3 amide bonds. The number of pyridine rings is 1. The molecule has 176 valence electrons. The molecule has 1 atom stereocenters. The first-order chi connectivity index (χ1) is 15.9. The van der Waals surface area contributed by atoms with E-state index in [0.29, 0.717) is 24.3 Å². The monoisotopic (exact) mass is 453 g/mol. The average molecular weight is 454 g/mol. The number of amides is 3. The number of nitrogens with zero attached hydrogens (tertiary/aromatic N) is 3. The van der Waals surface area contributed by atoms with Crippen LogP contribution in [0.3, 0.4) is 0 Å². The van der Waals surface area contributed by atoms with Crippen molar-refractivity contribution in [1.82, 2.24) is 14.8 Å². The van der Waals surface area contributed by atoms with E-state index in [9.17, 15) is 19.5 Å². The fraction of sp³-hybridized carbons (Fsp3) is 0.440. The lowest BCUT2D eigenvalue weighted by Gasteiger charge is -2.32. The van der Waals surface area contributed by atoms with Crippen LogP contribution in [0.5, 0.6) is 5.75 Å². The fourth-order valence-corrected chi connectivity index (χ4v) is 4.23. The second kappa shape index (κ2) is 11.0. The minimum Gasteiger partial charge on any atom is -0.492 e. The highest BCUT2D eigenvalue weighted by Crippen LogP contribution is 2.40. The molecule has 0 aliphatic carbocycles. The lowest BCUT2D eigenvalue weighted by atomic mass is 9.75. The maximum Gasteiger partial charge on any atom is 0.240 e. The summed E-state index contributed by atoms with van der Waals surface area (Å²) in [4.78, 5) is 46.5. The fourth-order valence-electron chi connectivity index (χ4n) is 4.23. The first-order valence-corrected chi connectivity index (χ1v) is 11.2. The van der Waals surface area contributed by atoms with Crippen molar-refractivity contribution in [2.45, 2.75) is 44.6 Å². The van der Waals surface area contributed by atoms with E-state index in [1.807, 2.05) is 19.9 Å². The number of aromatic nitrogens is 1. The molecule has 1 aliphatic rings. The van der Waals surface area contributed by atoms with E-state index in [-0.39, 0.29) is 56.3 Å². The number of aliphatic hydroxyl groups is 1. The van der Waals surface area contributed by atoms with E-state index in [1.54, 1.807) is 53.7 Å². The second-order valence-electron chi connectivity index (χ2n) is 8.45. The van der Waals surface area contributed by atoms with Crippen LogP contribution in [-0.4, -0.2) is 70.0 Å². The topological polar surface area (TPSA) is 100 Å². The van der Waals surface area contributed by atoms with Crippen molar-refractivity contribution in [3.63, 3.8) is 0 Å². The average Bonchev–Trinajstić information content (AvgIpc) is 3.05. The van der Waals surface area contributed by atoms with Crippen LogP contribution in [0.25, 0.3) is 0 Å². The zero-order valence-corrected chi connectivity index (χ0v) is 19.1. The van der Waals surface area contributed by atoms with Crippen LogP contribution < -0.4 is 4.74 Å². The standard InChI is InChI=1S/C25H31N3O5/c1-19(2)27(13-14-29)22(30)16-25(20-8-4-3-5-9-20)17-23(31)28(24(25)32)12-7-15-33-21-10-6-11-26-18-21/h3-6,8-11,18-19,29H,7,12-17H2,1-2H3/t25-/m1/s1. The van der Waals surface area contributed by atoms with Crippen LogP contribution in [0.15, 0.2) is 54.9 Å². The van der Waals surface area contributed by atoms with Crippen LogP contribution in [0.1, 0.15) is 38.7 Å². The summed E-state index contributed by atoms with van der Waals surface area (Å²) in [5.74, 6) is -0.290. The van der Waals surface area contributed by atoms with E-state index in [1.165, 1.54) is 4.90 Å². The largest absolute Gasteiger partial charge is 0.492 e. The van der Waals surface area contributed by atoms with Gasteiger partial charge in [-0.2, -0.15) is 0 Å². The number of hydrogen-bond acceptors (Lipinski definition) is 6. The van der Waals surface area contributed by atoms with Gasteiger partial charge in [-0.05, 0) is 38.0 Å². The van der Waals surface area contributed by atoms with Crippen LogP contribution in [0.2, 0.25) is 0 Å². The van der Waals surface area contributed by atoms with Crippen molar-refractivity contribution >= 4 is 17.7 Å². The smallest absolute Gasteiger partial charge is 0.240 e. The van der Waals surface area contributed by atoms with Gasteiger partial charge in [-0.15, -0.1) is 0 Å². The Balaban J connectivity index is 1.77. The first kappa shape index (κ1) is 24.4. The Morgan fingerprint density at radius 2 is 1.97 bits per heavy atom. The van der Waals surface area contributed by atoms with Gasteiger partial charge in [0.05, 0.1) is 24.8 Å². The molecule has 1 N–H and O–H groups in total. The van der Waals surface area contributed by atoms with Gasteiger partial charge in [0, 0.05) is 38.2 Å². The first-order valence-electron chi connectivity index (χ1n) is 11.2. The number of hydrogen-bond donors (Lipinski definition) is 1. The van der Waals surface area contributed by atoms with Gasteiger partial charge in [0.15, 0.2) is 0 Å². The Kier molecular flexibility index (Phi) is 8.16. The molecule has 1 aromatic heterocycles. The predicted octanol–water partition coefficient (Wildman–Crippen LogP) is 2.17. The maximum atomic E-state index is 13.6. The van der Waals surface area contributed by atoms with Crippen LogP contribution >= 0.6 is 0 Å². The molecule has 1 aliphatic heterocycles. The molecular formula is C25H31N3O5. The van der Waals surface area contributed by atoms with E-state index < -0.39 is 5.41 Å². The van der Waals surface area contributed by atoms with Gasteiger partial charge in [-0.25, -0.2) is 0 Å². The van der Waals surface area contributed by atoms with Gasteiger partial charge < -0.3 is 14.7 Å². The molecule has 8 nitrogen and oxygen atoms in total. The summed E-state index contributed by atoms with van der Waals surface area (Å²) in [5.41, 5.74) is -0.596. The van der Waals surface area contributed by atoms with E-state index >= 15 is 0 Å². The van der Waals surface area contributed by atoms with Crippen LogP contribution in [-0.2, 0) is 19.8 Å². The molecule has 8 heteroatoms. The Hall–Kier alpha value is -3.26. The molecule has 0 bridgehead atoms. The van der Waals surface area contributed by atoms with E-state index in [2.05, 4.69) is 4.98 Å². The number of carbonyl (C=O) groups excluding carboxylic acids is 3. The zero-order chi connectivity index (χ0) is 23.8. The van der Waals surface area contributed by atoms with Crippen molar-refractivity contribution < 1.29 is 24.2 Å². The van der Waals surface area contributed by atoms with Gasteiger partial charge in [0.2, 0.25) is 17.7 Å². The van der Waals surface area contributed by atoms with Gasteiger partial charge in [-0.1, -0.05) is 30.3 Å². The number of benzene rings is 1. The summed E-state index contributed by atoms with van der Waals surface area (Å²) in [7, 11) is 0. The number of likely N-dealkylation sites (tertiary alicyclic amines) is 1. The molecular weight excluding hydrogens is 422 g/mol. The zero-order valence-electron chi connectivity index (χ0n) is 19.1. The molecule has 2 aromatic rings. The minimum absolute atomic E-state index is 0.0594. The Bertz CT molecular complexity index is 951. The Morgan fingerprint density at radius 1 is 1.21 bits per heavy atom. The normalized spacial score (nSPS) is 18.1. The van der Waals surface area contributed by atoms with Crippen molar-refractivity contribution in [2.75, 3.05) is 26.3 Å². The number of ether oxygens (including phenoxy) is 1. The van der Waals surface area contributed by atoms with Crippen LogP contribution in [0.4, 0.5) is 0 Å². The molecule has 33 heavy (non-hydrogen) atoms. The Labute approximate surface area is 194 Å². The molecule has 0 spiro atoms. The summed E-state index contributed by atoms with van der Waals surface area (Å²) < 4.78 is 5.63. The summed E-state index contributed by atoms with van der Waals surface area (Å²) in [6.07, 6.45) is 3.54. The summed E-state index contributed by atoms with van der Waals surface area (Å²) in [6.45, 7) is 4.28. The molecule has 3 rings (SSSR count). The van der Waals surface area contributed by atoms with Crippen molar-refractivity contribution in [2.24, 2.45) is 0 Å². The highest BCUT2D eigenvalue weighted by molar-refractivity contribution is 6.10. The predicted molar refractivity (Wildman–Crippen MR) is 122 cm³/mol. The van der Waals surface area contributed by atoms with E-state index in [4.69, 9.17) is 4.74 Å². The molecule has 0 unspecified atom stereocenters. The Morgan fingerprint density at radius 3 is 2.61 bits per heavy atom. The van der Waals surface area contributed by atoms with Crippen molar-refractivity contribution in [1.29, 1.82) is 0 Å². The van der Waals surface area contributed by atoms with Crippen LogP contribution in [0, 0.1) is 0 Å². The summed E-state index contributed by atoms with van der Waals surface area (Å²) in [5, 5.41) is 9.38. The third-order valence-corrected chi connectivity index (χ3v) is 5.90. The lowest BCUT2D eigenvalue weighted by molar-refractivity contribution is -0.143. The highest BCUT2D eigenvalue weighted by Gasteiger charge is 2.53. The molecule has 1 saturated heterocycles. The number of imide groups is 1. The van der Waals surface area contributed by atoms with Gasteiger partial charge in [0.1, 0.15) is 5.75 Å². The molecule has 2 heterocycles. The van der Waals surface area contributed by atoms with Crippen molar-refractivity contribution in [3.8, 4) is 5.75 Å². The van der Waals surface area contributed by atoms with E-state index in [0.717, 1.165) is 0 Å². The van der Waals surface area contributed by atoms with Gasteiger partial charge in [0.25, 0.3) is 0 Å². The SMILES string of the molecule is CC(C)N(CCO)C(=O)C[C@]1(c2ccccc2)CC(=O)N(CCCOc2cccnc2)C1=O. The minimum atomic E-state index is -1.25. The van der Waals surface area contributed by atoms with Gasteiger partial charge >= 0.3 is 0 Å². The molecule has 1 aromatic carbocycles. The quantitative estimate of drug-likeness (QED) is 0.413. The van der Waals surface area contributed by atoms with Gasteiger partial charge in [-0.3, -0.25) is 24.3 Å². The molecule has 1 fully saturated rings. The lowest BCUT2D eigenvalue weighted by Crippen LogP contribution is -2.46. The summed E-state index contributed by atoms with van der Waals surface area (Å²) in [6, 6.07) is 12.4. The third-order valence-electron chi connectivity index (χ3n) is 5.90.